The van der Waals surface area contributed by atoms with Crippen molar-refractivity contribution in [3.05, 3.63) is 46.5 Å². The first-order valence-electron chi connectivity index (χ1n) is 4.89. The molecule has 7 heteroatoms. The normalized spacial score (nSPS) is 11.1. The standard InChI is InChI=1S/C11H7F5N2/c1-4-3-5(2)18(17-4)11-9(15)7(13)6(12)8(14)10(11)16/h3H,1-2H3. The first-order valence-corrected chi connectivity index (χ1v) is 4.89. The van der Waals surface area contributed by atoms with Gasteiger partial charge in [0, 0.05) is 5.69 Å². The SMILES string of the molecule is Cc1cc(C)n(-c2c(F)c(F)c(F)c(F)c2F)n1. The Morgan fingerprint density at radius 3 is 1.67 bits per heavy atom. The van der Waals surface area contributed by atoms with Crippen molar-refractivity contribution in [2.24, 2.45) is 0 Å². The van der Waals surface area contributed by atoms with E-state index in [1.807, 2.05) is 0 Å². The molecule has 0 spiro atoms. The Morgan fingerprint density at radius 2 is 1.28 bits per heavy atom. The first-order chi connectivity index (χ1) is 8.34. The zero-order valence-electron chi connectivity index (χ0n) is 9.36. The fourth-order valence-corrected chi connectivity index (χ4v) is 1.63. The summed E-state index contributed by atoms with van der Waals surface area (Å²) in [5, 5.41) is 3.69. The Morgan fingerprint density at radius 1 is 0.833 bits per heavy atom. The zero-order valence-corrected chi connectivity index (χ0v) is 9.36. The predicted octanol–water partition coefficient (Wildman–Crippen LogP) is 3.18. The molecule has 0 atom stereocenters. The molecule has 0 amide bonds. The van der Waals surface area contributed by atoms with Crippen molar-refractivity contribution < 1.29 is 22.0 Å². The second-order valence-corrected chi connectivity index (χ2v) is 3.76. The van der Waals surface area contributed by atoms with E-state index < -0.39 is 34.8 Å². The molecule has 96 valence electrons. The van der Waals surface area contributed by atoms with Crippen LogP contribution in [0.2, 0.25) is 0 Å². The summed E-state index contributed by atoms with van der Waals surface area (Å²) in [4.78, 5) is 0. The Balaban J connectivity index is 2.84. The van der Waals surface area contributed by atoms with E-state index in [9.17, 15) is 22.0 Å². The van der Waals surface area contributed by atoms with E-state index in [-0.39, 0.29) is 5.69 Å². The maximum atomic E-state index is 13.5. The number of rotatable bonds is 1. The molecule has 0 unspecified atom stereocenters. The number of benzene rings is 1. The highest BCUT2D eigenvalue weighted by Crippen LogP contribution is 2.26. The average molecular weight is 262 g/mol. The van der Waals surface area contributed by atoms with Gasteiger partial charge in [-0.25, -0.2) is 26.6 Å². The van der Waals surface area contributed by atoms with Gasteiger partial charge in [-0.15, -0.1) is 0 Å². The van der Waals surface area contributed by atoms with Crippen LogP contribution >= 0.6 is 0 Å². The van der Waals surface area contributed by atoms with Crippen LogP contribution < -0.4 is 0 Å². The fraction of sp³-hybridized carbons (Fsp3) is 0.182. The molecule has 0 bridgehead atoms. The number of aromatic nitrogens is 2. The highest BCUT2D eigenvalue weighted by atomic mass is 19.2. The maximum absolute atomic E-state index is 13.5. The molecule has 1 aromatic carbocycles. The predicted molar refractivity (Wildman–Crippen MR) is 52.8 cm³/mol. The minimum Gasteiger partial charge on any atom is -0.232 e. The van der Waals surface area contributed by atoms with Gasteiger partial charge >= 0.3 is 0 Å². The van der Waals surface area contributed by atoms with E-state index in [0.29, 0.717) is 10.4 Å². The Bertz CT molecular complexity index is 604. The molecule has 0 fully saturated rings. The molecule has 2 nitrogen and oxygen atoms in total. The quantitative estimate of drug-likeness (QED) is 0.438. The van der Waals surface area contributed by atoms with Crippen LogP contribution in [-0.2, 0) is 0 Å². The van der Waals surface area contributed by atoms with Crippen molar-refractivity contribution in [3.63, 3.8) is 0 Å². The summed E-state index contributed by atoms with van der Waals surface area (Å²) in [5.74, 6) is -9.97. The van der Waals surface area contributed by atoms with E-state index >= 15 is 0 Å². The minimum atomic E-state index is -2.18. The molecule has 0 radical (unpaired) electrons. The average Bonchev–Trinajstić information content (AvgIpc) is 2.64. The molecule has 0 aliphatic carbocycles. The molecule has 2 rings (SSSR count). The summed E-state index contributed by atoms with van der Waals surface area (Å²) in [6.07, 6.45) is 0. The molecule has 0 saturated carbocycles. The number of aryl methyl sites for hydroxylation is 2. The highest BCUT2D eigenvalue weighted by molar-refractivity contribution is 5.38. The van der Waals surface area contributed by atoms with Crippen LogP contribution in [0.25, 0.3) is 5.69 Å². The zero-order chi connectivity index (χ0) is 13.6. The minimum absolute atomic E-state index is 0.260. The highest BCUT2D eigenvalue weighted by Gasteiger charge is 2.27. The maximum Gasteiger partial charge on any atom is 0.200 e. The van der Waals surface area contributed by atoms with Crippen molar-refractivity contribution >= 4 is 0 Å². The third-order valence-electron chi connectivity index (χ3n) is 2.41. The monoisotopic (exact) mass is 262 g/mol. The van der Waals surface area contributed by atoms with Gasteiger partial charge in [-0.05, 0) is 19.9 Å². The Hall–Kier alpha value is -1.92. The lowest BCUT2D eigenvalue weighted by Crippen LogP contribution is -2.11. The van der Waals surface area contributed by atoms with Gasteiger partial charge in [0.05, 0.1) is 5.69 Å². The van der Waals surface area contributed by atoms with Gasteiger partial charge in [-0.1, -0.05) is 0 Å². The van der Waals surface area contributed by atoms with Crippen molar-refractivity contribution in [2.45, 2.75) is 13.8 Å². The summed E-state index contributed by atoms with van der Waals surface area (Å²) in [7, 11) is 0. The smallest absolute Gasteiger partial charge is 0.200 e. The number of halogens is 5. The van der Waals surface area contributed by atoms with E-state index in [4.69, 9.17) is 0 Å². The van der Waals surface area contributed by atoms with Crippen molar-refractivity contribution in [1.82, 2.24) is 9.78 Å². The van der Waals surface area contributed by atoms with Gasteiger partial charge in [0.15, 0.2) is 23.3 Å². The second kappa shape index (κ2) is 4.08. The molecule has 2 aromatic rings. The molecular formula is C11H7F5N2. The van der Waals surface area contributed by atoms with Crippen LogP contribution in [-0.4, -0.2) is 9.78 Å². The van der Waals surface area contributed by atoms with Crippen LogP contribution in [0, 0.1) is 42.9 Å². The van der Waals surface area contributed by atoms with Crippen molar-refractivity contribution in [3.8, 4) is 5.69 Å². The van der Waals surface area contributed by atoms with Gasteiger partial charge in [0.1, 0.15) is 5.69 Å². The van der Waals surface area contributed by atoms with Crippen LogP contribution in [0.3, 0.4) is 0 Å². The lowest BCUT2D eigenvalue weighted by molar-refractivity contribution is 0.373. The van der Waals surface area contributed by atoms with Gasteiger partial charge in [0.25, 0.3) is 0 Å². The summed E-state index contributed by atoms with van der Waals surface area (Å²) in [6, 6.07) is 1.46. The van der Waals surface area contributed by atoms with Gasteiger partial charge in [-0.3, -0.25) is 0 Å². The van der Waals surface area contributed by atoms with Crippen LogP contribution in [0.1, 0.15) is 11.4 Å². The molecule has 0 aliphatic rings. The third kappa shape index (κ3) is 1.66. The van der Waals surface area contributed by atoms with E-state index in [0.717, 1.165) is 0 Å². The molecule has 1 heterocycles. The third-order valence-corrected chi connectivity index (χ3v) is 2.41. The first kappa shape index (κ1) is 12.5. The van der Waals surface area contributed by atoms with Crippen LogP contribution in [0.4, 0.5) is 22.0 Å². The summed E-state index contributed by atoms with van der Waals surface area (Å²) in [6.45, 7) is 2.98. The molecule has 0 N–H and O–H groups in total. The Labute approximate surface area is 98.7 Å². The largest absolute Gasteiger partial charge is 0.232 e. The second-order valence-electron chi connectivity index (χ2n) is 3.76. The van der Waals surface area contributed by atoms with Gasteiger partial charge in [0.2, 0.25) is 5.82 Å². The van der Waals surface area contributed by atoms with E-state index in [1.54, 1.807) is 0 Å². The Kier molecular flexibility index (Phi) is 2.84. The van der Waals surface area contributed by atoms with Gasteiger partial charge < -0.3 is 0 Å². The topological polar surface area (TPSA) is 17.8 Å². The van der Waals surface area contributed by atoms with Crippen LogP contribution in [0.5, 0.6) is 0 Å². The number of hydrogen-bond acceptors (Lipinski definition) is 1. The summed E-state index contributed by atoms with van der Waals surface area (Å²) < 4.78 is 66.6. The molecule has 0 aliphatic heterocycles. The molecule has 18 heavy (non-hydrogen) atoms. The molecule has 0 saturated heterocycles. The molecular weight excluding hydrogens is 255 g/mol. The molecule has 1 aromatic heterocycles. The lowest BCUT2D eigenvalue weighted by atomic mass is 10.2. The van der Waals surface area contributed by atoms with Crippen molar-refractivity contribution in [1.29, 1.82) is 0 Å². The fourth-order valence-electron chi connectivity index (χ4n) is 1.63. The van der Waals surface area contributed by atoms with Gasteiger partial charge in [-0.2, -0.15) is 5.10 Å². The summed E-state index contributed by atoms with van der Waals surface area (Å²) >= 11 is 0. The summed E-state index contributed by atoms with van der Waals surface area (Å²) in [5.41, 5.74) is -0.413. The number of nitrogens with zero attached hydrogens (tertiary/aromatic N) is 2. The van der Waals surface area contributed by atoms with E-state index in [2.05, 4.69) is 5.10 Å². The van der Waals surface area contributed by atoms with Crippen molar-refractivity contribution in [2.75, 3.05) is 0 Å². The van der Waals surface area contributed by atoms with E-state index in [1.165, 1.54) is 19.9 Å². The lowest BCUT2D eigenvalue weighted by Gasteiger charge is -2.09. The van der Waals surface area contributed by atoms with Crippen LogP contribution in [0.15, 0.2) is 6.07 Å². The number of hydrogen-bond donors (Lipinski definition) is 0.